The second kappa shape index (κ2) is 3.69. The first-order valence-corrected chi connectivity index (χ1v) is 4.06. The van der Waals surface area contributed by atoms with Crippen molar-refractivity contribution in [3.8, 4) is 0 Å². The van der Waals surface area contributed by atoms with Crippen LogP contribution in [0.1, 0.15) is 19.8 Å². The maximum absolute atomic E-state index is 11.3. The third kappa shape index (κ3) is 1.91. The Balaban J connectivity index is 2.39. The van der Waals surface area contributed by atoms with Crippen LogP contribution in [-0.4, -0.2) is 30.0 Å². The lowest BCUT2D eigenvalue weighted by Crippen LogP contribution is -2.46. The molecule has 0 aromatic heterocycles. The van der Waals surface area contributed by atoms with Crippen molar-refractivity contribution < 1.29 is 4.79 Å². The molecule has 1 saturated heterocycles. The highest BCUT2D eigenvalue weighted by molar-refractivity contribution is 5.81. The van der Waals surface area contributed by atoms with Crippen LogP contribution in [0, 0.1) is 0 Å². The van der Waals surface area contributed by atoms with Crippen molar-refractivity contribution in [2.45, 2.75) is 25.8 Å². The molecular weight excluding hydrogens is 142 g/mol. The van der Waals surface area contributed by atoms with Crippen LogP contribution in [0.25, 0.3) is 0 Å². The summed E-state index contributed by atoms with van der Waals surface area (Å²) in [4.78, 5) is 11.3. The van der Waals surface area contributed by atoms with E-state index in [1.54, 1.807) is 5.01 Å². The molecule has 11 heavy (non-hydrogen) atoms. The van der Waals surface area contributed by atoms with Crippen molar-refractivity contribution in [3.05, 3.63) is 0 Å². The van der Waals surface area contributed by atoms with Crippen LogP contribution in [0.4, 0.5) is 0 Å². The fourth-order valence-electron chi connectivity index (χ4n) is 1.09. The zero-order valence-electron chi connectivity index (χ0n) is 6.84. The lowest BCUT2D eigenvalue weighted by atomic mass is 10.2. The van der Waals surface area contributed by atoms with E-state index < -0.39 is 0 Å². The van der Waals surface area contributed by atoms with Crippen molar-refractivity contribution in [2.24, 2.45) is 5.73 Å². The van der Waals surface area contributed by atoms with Crippen LogP contribution in [0.15, 0.2) is 0 Å². The smallest absolute Gasteiger partial charge is 0.253 e. The quantitative estimate of drug-likeness (QED) is 0.566. The topological polar surface area (TPSA) is 58.4 Å². The zero-order valence-corrected chi connectivity index (χ0v) is 6.84. The molecule has 1 unspecified atom stereocenters. The van der Waals surface area contributed by atoms with E-state index in [9.17, 15) is 4.79 Å². The van der Waals surface area contributed by atoms with E-state index in [1.165, 1.54) is 0 Å². The third-order valence-corrected chi connectivity index (χ3v) is 1.88. The lowest BCUT2D eigenvalue weighted by molar-refractivity contribution is -0.134. The predicted octanol–water partition coefficient (Wildman–Crippen LogP) is -0.539. The summed E-state index contributed by atoms with van der Waals surface area (Å²) in [5, 5.41) is 1.62. The number of amides is 1. The minimum Gasteiger partial charge on any atom is -0.320 e. The van der Waals surface area contributed by atoms with Crippen molar-refractivity contribution in [3.63, 3.8) is 0 Å². The van der Waals surface area contributed by atoms with E-state index in [-0.39, 0.29) is 11.9 Å². The second-order valence-electron chi connectivity index (χ2n) is 2.77. The van der Waals surface area contributed by atoms with Crippen LogP contribution < -0.4 is 11.2 Å². The Morgan fingerprint density at radius 3 is 3.00 bits per heavy atom. The molecule has 0 aromatic rings. The summed E-state index contributed by atoms with van der Waals surface area (Å²) in [7, 11) is 0. The minimum absolute atomic E-state index is 0.0185. The molecule has 0 bridgehead atoms. The fourth-order valence-corrected chi connectivity index (χ4v) is 1.09. The summed E-state index contributed by atoms with van der Waals surface area (Å²) in [5.41, 5.74) is 8.54. The van der Waals surface area contributed by atoms with Crippen molar-refractivity contribution in [1.82, 2.24) is 10.4 Å². The first-order valence-electron chi connectivity index (χ1n) is 4.06. The van der Waals surface area contributed by atoms with Crippen LogP contribution in [0.2, 0.25) is 0 Å². The predicted molar refractivity (Wildman–Crippen MR) is 42.6 cm³/mol. The van der Waals surface area contributed by atoms with E-state index in [4.69, 9.17) is 5.73 Å². The van der Waals surface area contributed by atoms with Gasteiger partial charge in [0.2, 0.25) is 0 Å². The van der Waals surface area contributed by atoms with Crippen molar-refractivity contribution in [2.75, 3.05) is 13.1 Å². The first kappa shape index (κ1) is 8.49. The lowest BCUT2D eigenvalue weighted by Gasteiger charge is -2.18. The largest absolute Gasteiger partial charge is 0.320 e. The van der Waals surface area contributed by atoms with Gasteiger partial charge in [-0.3, -0.25) is 9.80 Å². The monoisotopic (exact) mass is 157 g/mol. The molecule has 1 amide bonds. The first-order chi connectivity index (χ1) is 5.25. The molecule has 1 rings (SSSR count). The highest BCUT2D eigenvalue weighted by Crippen LogP contribution is 2.00. The van der Waals surface area contributed by atoms with E-state index >= 15 is 0 Å². The van der Waals surface area contributed by atoms with Gasteiger partial charge >= 0.3 is 0 Å². The Labute approximate surface area is 66.7 Å². The zero-order chi connectivity index (χ0) is 8.27. The van der Waals surface area contributed by atoms with Crippen LogP contribution >= 0.6 is 0 Å². The van der Waals surface area contributed by atoms with E-state index in [1.807, 2.05) is 6.92 Å². The Kier molecular flexibility index (Phi) is 2.84. The molecule has 1 heterocycles. The molecule has 0 saturated carbocycles. The van der Waals surface area contributed by atoms with Gasteiger partial charge in [-0.15, -0.1) is 0 Å². The second-order valence-corrected chi connectivity index (χ2v) is 2.77. The standard InChI is InChI=1S/C7H15N3O/c1-2-6(8)7(11)10-5-3-4-9-10/h6,9H,2-5,8H2,1H3. The van der Waals surface area contributed by atoms with E-state index in [0.717, 1.165) is 19.5 Å². The number of carbonyl (C=O) groups is 1. The van der Waals surface area contributed by atoms with E-state index in [2.05, 4.69) is 5.43 Å². The van der Waals surface area contributed by atoms with Gasteiger partial charge in [-0.2, -0.15) is 0 Å². The molecule has 4 nitrogen and oxygen atoms in total. The Bertz CT molecular complexity index is 143. The number of hydrazine groups is 1. The maximum Gasteiger partial charge on any atom is 0.253 e. The summed E-state index contributed by atoms with van der Waals surface area (Å²) in [5.74, 6) is 0.0185. The summed E-state index contributed by atoms with van der Waals surface area (Å²) in [6.45, 7) is 3.60. The average Bonchev–Trinajstić information content (AvgIpc) is 2.53. The molecule has 0 aliphatic carbocycles. The normalized spacial score (nSPS) is 20.4. The summed E-state index contributed by atoms with van der Waals surface area (Å²) in [6.07, 6.45) is 1.74. The summed E-state index contributed by atoms with van der Waals surface area (Å²) >= 11 is 0. The van der Waals surface area contributed by atoms with Gasteiger partial charge in [-0.25, -0.2) is 5.43 Å². The van der Waals surface area contributed by atoms with Gasteiger partial charge in [0.1, 0.15) is 0 Å². The average molecular weight is 157 g/mol. The van der Waals surface area contributed by atoms with E-state index in [0.29, 0.717) is 6.42 Å². The Morgan fingerprint density at radius 2 is 2.55 bits per heavy atom. The molecule has 4 heteroatoms. The van der Waals surface area contributed by atoms with Crippen LogP contribution in [0.3, 0.4) is 0 Å². The van der Waals surface area contributed by atoms with Crippen molar-refractivity contribution >= 4 is 5.91 Å². The molecule has 1 atom stereocenters. The Hall–Kier alpha value is -0.610. The number of hydrogen-bond acceptors (Lipinski definition) is 3. The Morgan fingerprint density at radius 1 is 1.82 bits per heavy atom. The van der Waals surface area contributed by atoms with Crippen LogP contribution in [0.5, 0.6) is 0 Å². The highest BCUT2D eigenvalue weighted by Gasteiger charge is 2.21. The summed E-state index contributed by atoms with van der Waals surface area (Å²) in [6, 6.07) is -0.333. The molecular formula is C7H15N3O. The third-order valence-electron chi connectivity index (χ3n) is 1.88. The van der Waals surface area contributed by atoms with Gasteiger partial charge in [-0.1, -0.05) is 6.92 Å². The van der Waals surface area contributed by atoms with Gasteiger partial charge in [0, 0.05) is 13.1 Å². The molecule has 0 spiro atoms. The summed E-state index contributed by atoms with van der Waals surface area (Å²) < 4.78 is 0. The molecule has 3 N–H and O–H groups in total. The number of carbonyl (C=O) groups excluding carboxylic acids is 1. The molecule has 1 aliphatic rings. The van der Waals surface area contributed by atoms with Gasteiger partial charge in [-0.05, 0) is 12.8 Å². The molecule has 1 aliphatic heterocycles. The number of nitrogens with zero attached hydrogens (tertiary/aromatic N) is 1. The number of hydrogen-bond donors (Lipinski definition) is 2. The van der Waals surface area contributed by atoms with Crippen LogP contribution in [-0.2, 0) is 4.79 Å². The highest BCUT2D eigenvalue weighted by atomic mass is 16.2. The molecule has 1 fully saturated rings. The SMILES string of the molecule is CCC(N)C(=O)N1CCCN1. The van der Waals surface area contributed by atoms with Gasteiger partial charge in [0.05, 0.1) is 6.04 Å². The van der Waals surface area contributed by atoms with Gasteiger partial charge in [0.25, 0.3) is 5.91 Å². The maximum atomic E-state index is 11.3. The molecule has 0 radical (unpaired) electrons. The number of nitrogens with one attached hydrogen (secondary N) is 1. The fraction of sp³-hybridized carbons (Fsp3) is 0.857. The molecule has 0 aromatic carbocycles. The molecule has 64 valence electrons. The van der Waals surface area contributed by atoms with Crippen molar-refractivity contribution in [1.29, 1.82) is 0 Å². The number of nitrogens with two attached hydrogens (primary N) is 1. The number of rotatable bonds is 2. The van der Waals surface area contributed by atoms with Gasteiger partial charge < -0.3 is 5.73 Å². The van der Waals surface area contributed by atoms with Gasteiger partial charge in [0.15, 0.2) is 0 Å². The minimum atomic E-state index is -0.333.